The van der Waals surface area contributed by atoms with Crippen LogP contribution in [0.1, 0.15) is 36.5 Å². The van der Waals surface area contributed by atoms with Crippen molar-refractivity contribution in [2.24, 2.45) is 0 Å². The summed E-state index contributed by atoms with van der Waals surface area (Å²) in [5.41, 5.74) is 1.84. The number of fused-ring (bicyclic) bond motifs is 1. The van der Waals surface area contributed by atoms with Crippen LogP contribution in [0.3, 0.4) is 0 Å². The summed E-state index contributed by atoms with van der Waals surface area (Å²) in [6.07, 6.45) is -0.682. The fraction of sp³-hybridized carbons (Fsp3) is 0.500. The molecule has 1 aliphatic rings. The lowest BCUT2D eigenvalue weighted by molar-refractivity contribution is 0.133. The van der Waals surface area contributed by atoms with Crippen LogP contribution in [0.2, 0.25) is 0 Å². The topological polar surface area (TPSA) is 9.23 Å². The molecule has 0 aromatic heterocycles. The summed E-state index contributed by atoms with van der Waals surface area (Å²) >= 11 is 0. The first-order chi connectivity index (χ1) is 7.08. The maximum atomic E-state index is 12.8. The van der Waals surface area contributed by atoms with Crippen molar-refractivity contribution in [3.63, 3.8) is 0 Å². The van der Waals surface area contributed by atoms with Crippen LogP contribution >= 0.6 is 0 Å². The molecule has 1 aromatic rings. The lowest BCUT2D eigenvalue weighted by Gasteiger charge is -2.25. The van der Waals surface area contributed by atoms with E-state index in [1.807, 2.05) is 19.9 Å². The van der Waals surface area contributed by atoms with Crippen LogP contribution < -0.4 is 4.74 Å². The van der Waals surface area contributed by atoms with Gasteiger partial charge < -0.3 is 4.74 Å². The molecule has 1 unspecified atom stereocenters. The molecule has 1 aromatic carbocycles. The van der Waals surface area contributed by atoms with Gasteiger partial charge in [0.2, 0.25) is 0 Å². The summed E-state index contributed by atoms with van der Waals surface area (Å²) in [6, 6.07) is 3.45. The summed E-state index contributed by atoms with van der Waals surface area (Å²) in [6.45, 7) is 3.75. The minimum Gasteiger partial charge on any atom is -0.490 e. The smallest absolute Gasteiger partial charge is 0.267 e. The van der Waals surface area contributed by atoms with Crippen molar-refractivity contribution in [3.05, 3.63) is 28.8 Å². The highest BCUT2D eigenvalue weighted by molar-refractivity contribution is 5.46. The average molecular weight is 212 g/mol. The number of aryl methyl sites for hydroxylation is 2. The molecular formula is C12H14F2O. The van der Waals surface area contributed by atoms with Gasteiger partial charge in [0.05, 0.1) is 11.7 Å². The Morgan fingerprint density at radius 1 is 1.40 bits per heavy atom. The van der Waals surface area contributed by atoms with E-state index in [1.54, 1.807) is 0 Å². The van der Waals surface area contributed by atoms with E-state index in [-0.39, 0.29) is 11.7 Å². The number of hydrogen-bond acceptors (Lipinski definition) is 1. The summed E-state index contributed by atoms with van der Waals surface area (Å²) in [7, 11) is 0. The number of benzene rings is 1. The zero-order valence-corrected chi connectivity index (χ0v) is 8.89. The van der Waals surface area contributed by atoms with Crippen molar-refractivity contribution >= 4 is 0 Å². The first kappa shape index (κ1) is 10.4. The van der Waals surface area contributed by atoms with Crippen molar-refractivity contribution < 1.29 is 13.5 Å². The second kappa shape index (κ2) is 3.80. The normalized spacial score (nSPS) is 19.9. The maximum Gasteiger partial charge on any atom is 0.267 e. The summed E-state index contributed by atoms with van der Waals surface area (Å²) in [5.74, 6) is 0.411. The minimum atomic E-state index is -2.45. The molecule has 0 spiro atoms. The standard InChI is InChI=1S/C12H14F2O/c1-7-5-9-4-3-8(2)15-11(9)10(6-7)12(13)14/h5-6,8,12H,3-4H2,1-2H3. The Kier molecular flexibility index (Phi) is 2.63. The van der Waals surface area contributed by atoms with Crippen LogP contribution in [0.5, 0.6) is 5.75 Å². The average Bonchev–Trinajstić information content (AvgIpc) is 2.17. The van der Waals surface area contributed by atoms with Gasteiger partial charge in [0.15, 0.2) is 0 Å². The third-order valence-corrected chi connectivity index (χ3v) is 2.71. The Morgan fingerprint density at radius 3 is 2.80 bits per heavy atom. The van der Waals surface area contributed by atoms with Crippen molar-refractivity contribution in [2.45, 2.75) is 39.2 Å². The summed E-state index contributed by atoms with van der Waals surface area (Å²) in [5, 5.41) is 0. The highest BCUT2D eigenvalue weighted by Gasteiger charge is 2.23. The monoisotopic (exact) mass is 212 g/mol. The number of hydrogen-bond donors (Lipinski definition) is 0. The molecule has 2 rings (SSSR count). The molecule has 0 aliphatic carbocycles. The molecule has 0 radical (unpaired) electrons. The summed E-state index contributed by atoms with van der Waals surface area (Å²) in [4.78, 5) is 0. The third-order valence-electron chi connectivity index (χ3n) is 2.71. The second-order valence-corrected chi connectivity index (χ2v) is 4.11. The largest absolute Gasteiger partial charge is 0.490 e. The van der Waals surface area contributed by atoms with E-state index in [9.17, 15) is 8.78 Å². The van der Waals surface area contributed by atoms with E-state index in [1.165, 1.54) is 6.07 Å². The molecule has 1 nitrogen and oxygen atoms in total. The first-order valence-corrected chi connectivity index (χ1v) is 5.16. The molecular weight excluding hydrogens is 198 g/mol. The van der Waals surface area contributed by atoms with Crippen molar-refractivity contribution in [1.82, 2.24) is 0 Å². The molecule has 1 heterocycles. The second-order valence-electron chi connectivity index (χ2n) is 4.11. The molecule has 0 saturated heterocycles. The predicted octanol–water partition coefficient (Wildman–Crippen LogP) is 3.65. The van der Waals surface area contributed by atoms with E-state index >= 15 is 0 Å². The van der Waals surface area contributed by atoms with Gasteiger partial charge in [-0.25, -0.2) is 8.78 Å². The van der Waals surface area contributed by atoms with E-state index in [2.05, 4.69) is 0 Å². The van der Waals surface area contributed by atoms with E-state index in [0.29, 0.717) is 5.75 Å². The van der Waals surface area contributed by atoms with Gasteiger partial charge in [-0.2, -0.15) is 0 Å². The number of rotatable bonds is 1. The minimum absolute atomic E-state index is 0.0385. The Bertz CT molecular complexity index is 374. The molecule has 3 heteroatoms. The zero-order valence-electron chi connectivity index (χ0n) is 8.89. The first-order valence-electron chi connectivity index (χ1n) is 5.16. The molecule has 0 N–H and O–H groups in total. The van der Waals surface area contributed by atoms with Gasteiger partial charge in [-0.05, 0) is 38.3 Å². The Balaban J connectivity index is 2.50. The van der Waals surface area contributed by atoms with Gasteiger partial charge >= 0.3 is 0 Å². The van der Waals surface area contributed by atoms with Crippen LogP contribution in [-0.2, 0) is 6.42 Å². The SMILES string of the molecule is Cc1cc2c(c(C(F)F)c1)OC(C)CC2. The highest BCUT2D eigenvalue weighted by Crippen LogP contribution is 2.37. The van der Waals surface area contributed by atoms with Crippen LogP contribution in [-0.4, -0.2) is 6.10 Å². The van der Waals surface area contributed by atoms with E-state index in [4.69, 9.17) is 4.74 Å². The van der Waals surface area contributed by atoms with Crippen LogP contribution in [0.25, 0.3) is 0 Å². The zero-order chi connectivity index (χ0) is 11.0. The molecule has 0 bridgehead atoms. The van der Waals surface area contributed by atoms with Crippen molar-refractivity contribution in [1.29, 1.82) is 0 Å². The molecule has 0 amide bonds. The molecule has 1 atom stereocenters. The molecule has 1 aliphatic heterocycles. The fourth-order valence-electron chi connectivity index (χ4n) is 1.99. The van der Waals surface area contributed by atoms with Crippen molar-refractivity contribution in [3.8, 4) is 5.75 Å². The molecule has 82 valence electrons. The Labute approximate surface area is 88.1 Å². The molecule has 0 saturated carbocycles. The van der Waals surface area contributed by atoms with Crippen LogP contribution in [0, 0.1) is 6.92 Å². The van der Waals surface area contributed by atoms with Crippen LogP contribution in [0.4, 0.5) is 8.78 Å². The lowest BCUT2D eigenvalue weighted by atomic mass is 9.97. The van der Waals surface area contributed by atoms with E-state index in [0.717, 1.165) is 24.0 Å². The van der Waals surface area contributed by atoms with Gasteiger partial charge in [0.1, 0.15) is 5.75 Å². The quantitative estimate of drug-likeness (QED) is 0.690. The van der Waals surface area contributed by atoms with Gasteiger partial charge in [0, 0.05) is 0 Å². The Hall–Kier alpha value is -1.12. The fourth-order valence-corrected chi connectivity index (χ4v) is 1.99. The maximum absolute atomic E-state index is 12.8. The molecule has 0 fully saturated rings. The summed E-state index contributed by atoms with van der Waals surface area (Å²) < 4.78 is 31.1. The third kappa shape index (κ3) is 1.96. The predicted molar refractivity (Wildman–Crippen MR) is 54.5 cm³/mol. The van der Waals surface area contributed by atoms with Gasteiger partial charge in [-0.15, -0.1) is 0 Å². The van der Waals surface area contributed by atoms with Gasteiger partial charge in [-0.3, -0.25) is 0 Å². The number of ether oxygens (including phenoxy) is 1. The van der Waals surface area contributed by atoms with Gasteiger partial charge in [0.25, 0.3) is 6.43 Å². The lowest BCUT2D eigenvalue weighted by Crippen LogP contribution is -2.20. The molecule has 15 heavy (non-hydrogen) atoms. The number of halogens is 2. The number of alkyl halides is 2. The van der Waals surface area contributed by atoms with Crippen LogP contribution in [0.15, 0.2) is 12.1 Å². The Morgan fingerprint density at radius 2 is 2.13 bits per heavy atom. The van der Waals surface area contributed by atoms with Gasteiger partial charge in [-0.1, -0.05) is 11.6 Å². The van der Waals surface area contributed by atoms with Crippen molar-refractivity contribution in [2.75, 3.05) is 0 Å². The van der Waals surface area contributed by atoms with E-state index < -0.39 is 6.43 Å². The highest BCUT2D eigenvalue weighted by atomic mass is 19.3.